The van der Waals surface area contributed by atoms with Crippen molar-refractivity contribution < 1.29 is 4.42 Å². The Bertz CT molecular complexity index is 297. The van der Waals surface area contributed by atoms with Gasteiger partial charge in [0.05, 0.1) is 12.3 Å². The average Bonchev–Trinajstić information content (AvgIpc) is 2.84. The molecule has 0 amide bonds. The van der Waals surface area contributed by atoms with Crippen molar-refractivity contribution in [1.29, 1.82) is 0 Å². The fourth-order valence-electron chi connectivity index (χ4n) is 2.77. The van der Waals surface area contributed by atoms with E-state index in [9.17, 15) is 0 Å². The number of nitrogens with zero attached hydrogens (tertiary/aromatic N) is 1. The normalized spacial score (nSPS) is 24.5. The molecule has 0 bridgehead atoms. The van der Waals surface area contributed by atoms with Gasteiger partial charge in [-0.2, -0.15) is 0 Å². The third-order valence-corrected chi connectivity index (χ3v) is 3.60. The number of hydrogen-bond donors (Lipinski definition) is 1. The van der Waals surface area contributed by atoms with E-state index in [4.69, 9.17) is 10.2 Å². The van der Waals surface area contributed by atoms with Gasteiger partial charge in [-0.25, -0.2) is 0 Å². The molecule has 2 atom stereocenters. The van der Waals surface area contributed by atoms with Gasteiger partial charge in [0.2, 0.25) is 0 Å². The van der Waals surface area contributed by atoms with E-state index in [0.29, 0.717) is 12.1 Å². The molecule has 1 aliphatic heterocycles. The van der Waals surface area contributed by atoms with E-state index in [2.05, 4.69) is 17.9 Å². The number of furan rings is 1. The van der Waals surface area contributed by atoms with Crippen LogP contribution in [0.5, 0.6) is 0 Å². The number of rotatable bonds is 4. The fourth-order valence-corrected chi connectivity index (χ4v) is 2.77. The van der Waals surface area contributed by atoms with E-state index in [-0.39, 0.29) is 0 Å². The van der Waals surface area contributed by atoms with Crippen LogP contribution < -0.4 is 5.73 Å². The summed E-state index contributed by atoms with van der Waals surface area (Å²) in [7, 11) is 0. The van der Waals surface area contributed by atoms with Crippen LogP contribution in [0.2, 0.25) is 0 Å². The first kappa shape index (κ1) is 11.7. The third kappa shape index (κ3) is 2.30. The first-order valence-corrected chi connectivity index (χ1v) is 6.36. The number of piperidine rings is 1. The minimum Gasteiger partial charge on any atom is -0.468 e. The van der Waals surface area contributed by atoms with Gasteiger partial charge >= 0.3 is 0 Å². The molecule has 2 heterocycles. The molecule has 1 fully saturated rings. The highest BCUT2D eigenvalue weighted by atomic mass is 16.3. The van der Waals surface area contributed by atoms with E-state index >= 15 is 0 Å². The topological polar surface area (TPSA) is 42.4 Å². The Labute approximate surface area is 97.6 Å². The van der Waals surface area contributed by atoms with E-state index in [0.717, 1.165) is 25.3 Å². The summed E-state index contributed by atoms with van der Waals surface area (Å²) in [5.74, 6) is 1.09. The monoisotopic (exact) mass is 222 g/mol. The highest BCUT2D eigenvalue weighted by molar-refractivity contribution is 5.05. The molecule has 0 aromatic carbocycles. The number of hydrogen-bond acceptors (Lipinski definition) is 3. The van der Waals surface area contributed by atoms with Gasteiger partial charge in [-0.05, 0) is 37.9 Å². The highest BCUT2D eigenvalue weighted by Crippen LogP contribution is 2.30. The maximum absolute atomic E-state index is 5.87. The molecule has 1 aliphatic rings. The molecule has 2 unspecified atom stereocenters. The van der Waals surface area contributed by atoms with Gasteiger partial charge < -0.3 is 10.2 Å². The molecule has 90 valence electrons. The van der Waals surface area contributed by atoms with Crippen LogP contribution in [0.15, 0.2) is 22.8 Å². The molecule has 1 saturated heterocycles. The Balaban J connectivity index is 2.13. The Morgan fingerprint density at radius 3 is 3.06 bits per heavy atom. The minimum absolute atomic E-state index is 0.406. The first-order valence-electron chi connectivity index (χ1n) is 6.36. The molecule has 16 heavy (non-hydrogen) atoms. The summed E-state index contributed by atoms with van der Waals surface area (Å²) in [6.07, 6.45) is 6.68. The van der Waals surface area contributed by atoms with Crippen molar-refractivity contribution in [2.24, 2.45) is 5.73 Å². The predicted molar refractivity (Wildman–Crippen MR) is 65.1 cm³/mol. The SMILES string of the molecule is CCC(c1ccco1)N1CCCCC1CN. The molecular weight excluding hydrogens is 200 g/mol. The molecule has 3 nitrogen and oxygen atoms in total. The van der Waals surface area contributed by atoms with Crippen molar-refractivity contribution in [3.63, 3.8) is 0 Å². The lowest BCUT2D eigenvalue weighted by molar-refractivity contribution is 0.0836. The second-order valence-corrected chi connectivity index (χ2v) is 4.56. The van der Waals surface area contributed by atoms with Gasteiger partial charge in [-0.1, -0.05) is 13.3 Å². The van der Waals surface area contributed by atoms with Crippen molar-refractivity contribution in [2.75, 3.05) is 13.1 Å². The van der Waals surface area contributed by atoms with Crippen molar-refractivity contribution in [2.45, 2.75) is 44.7 Å². The van der Waals surface area contributed by atoms with Crippen molar-refractivity contribution >= 4 is 0 Å². The van der Waals surface area contributed by atoms with Crippen molar-refractivity contribution in [3.8, 4) is 0 Å². The van der Waals surface area contributed by atoms with Gasteiger partial charge in [0, 0.05) is 12.6 Å². The zero-order chi connectivity index (χ0) is 11.4. The lowest BCUT2D eigenvalue weighted by Gasteiger charge is -2.39. The summed E-state index contributed by atoms with van der Waals surface area (Å²) in [5.41, 5.74) is 5.87. The number of nitrogens with two attached hydrogens (primary N) is 1. The van der Waals surface area contributed by atoms with Crippen LogP contribution in [0.1, 0.15) is 44.4 Å². The molecule has 0 aliphatic carbocycles. The molecule has 1 aromatic rings. The summed E-state index contributed by atoms with van der Waals surface area (Å²) >= 11 is 0. The van der Waals surface area contributed by atoms with Crippen LogP contribution in [0.25, 0.3) is 0 Å². The summed E-state index contributed by atoms with van der Waals surface area (Å²) in [5, 5.41) is 0. The lowest BCUT2D eigenvalue weighted by atomic mass is 9.98. The summed E-state index contributed by atoms with van der Waals surface area (Å²) in [4.78, 5) is 2.53. The second kappa shape index (κ2) is 5.51. The zero-order valence-electron chi connectivity index (χ0n) is 10.1. The average molecular weight is 222 g/mol. The van der Waals surface area contributed by atoms with Crippen molar-refractivity contribution in [3.05, 3.63) is 24.2 Å². The lowest BCUT2D eigenvalue weighted by Crippen LogP contribution is -2.45. The van der Waals surface area contributed by atoms with Gasteiger partial charge in [0.25, 0.3) is 0 Å². The van der Waals surface area contributed by atoms with Gasteiger partial charge in [-0.3, -0.25) is 4.90 Å². The second-order valence-electron chi connectivity index (χ2n) is 4.56. The summed E-state index contributed by atoms with van der Waals surface area (Å²) < 4.78 is 5.55. The molecule has 2 N–H and O–H groups in total. The molecule has 3 heteroatoms. The zero-order valence-corrected chi connectivity index (χ0v) is 10.1. The molecule has 0 saturated carbocycles. The maximum Gasteiger partial charge on any atom is 0.120 e. The van der Waals surface area contributed by atoms with E-state index in [1.54, 1.807) is 6.26 Å². The molecule has 0 spiro atoms. The van der Waals surface area contributed by atoms with Gasteiger partial charge in [0.15, 0.2) is 0 Å². The maximum atomic E-state index is 5.87. The van der Waals surface area contributed by atoms with E-state index in [1.807, 2.05) is 6.07 Å². The highest BCUT2D eigenvalue weighted by Gasteiger charge is 2.29. The smallest absolute Gasteiger partial charge is 0.120 e. The van der Waals surface area contributed by atoms with Gasteiger partial charge in [-0.15, -0.1) is 0 Å². The van der Waals surface area contributed by atoms with Crippen LogP contribution in [-0.2, 0) is 0 Å². The van der Waals surface area contributed by atoms with E-state index in [1.165, 1.54) is 19.3 Å². The first-order chi connectivity index (χ1) is 7.86. The fraction of sp³-hybridized carbons (Fsp3) is 0.692. The Morgan fingerprint density at radius 1 is 1.56 bits per heavy atom. The molecular formula is C13H22N2O. The van der Waals surface area contributed by atoms with Crippen LogP contribution in [0.3, 0.4) is 0 Å². The Hall–Kier alpha value is -0.800. The molecule has 2 rings (SSSR count). The number of likely N-dealkylation sites (tertiary alicyclic amines) is 1. The quantitative estimate of drug-likeness (QED) is 0.851. The van der Waals surface area contributed by atoms with Crippen LogP contribution in [-0.4, -0.2) is 24.0 Å². The van der Waals surface area contributed by atoms with Crippen molar-refractivity contribution in [1.82, 2.24) is 4.90 Å². The van der Waals surface area contributed by atoms with Gasteiger partial charge in [0.1, 0.15) is 5.76 Å². The van der Waals surface area contributed by atoms with Crippen LogP contribution >= 0.6 is 0 Å². The predicted octanol–water partition coefficient (Wildman–Crippen LogP) is 2.54. The standard InChI is InChI=1S/C13H22N2O/c1-2-12(13-7-5-9-16-13)15-8-4-3-6-11(15)10-14/h5,7,9,11-12H,2-4,6,8,10,14H2,1H3. The van der Waals surface area contributed by atoms with Crippen LogP contribution in [0, 0.1) is 0 Å². The minimum atomic E-state index is 0.406. The van der Waals surface area contributed by atoms with Crippen LogP contribution in [0.4, 0.5) is 0 Å². The molecule has 1 aromatic heterocycles. The third-order valence-electron chi connectivity index (χ3n) is 3.60. The molecule has 0 radical (unpaired) electrons. The summed E-state index contributed by atoms with van der Waals surface area (Å²) in [6.45, 7) is 4.13. The Morgan fingerprint density at radius 2 is 2.44 bits per heavy atom. The summed E-state index contributed by atoms with van der Waals surface area (Å²) in [6, 6.07) is 4.99. The van der Waals surface area contributed by atoms with E-state index < -0.39 is 0 Å². The largest absolute Gasteiger partial charge is 0.468 e. The Kier molecular flexibility index (Phi) is 4.02.